The molecule has 1 aromatic heterocycles. The molecule has 0 aliphatic carbocycles. The van der Waals surface area contributed by atoms with E-state index in [4.69, 9.17) is 22.1 Å². The second-order valence-electron chi connectivity index (χ2n) is 3.67. The van der Waals surface area contributed by atoms with Gasteiger partial charge in [0.2, 0.25) is 0 Å². The van der Waals surface area contributed by atoms with E-state index >= 15 is 0 Å². The van der Waals surface area contributed by atoms with Gasteiger partial charge in [0.05, 0.1) is 7.11 Å². The SMILES string of the molecule is COc1cccc(Cl)c1CNC(=O)c1csc(N)n1. The molecule has 0 radical (unpaired) electrons. The first-order valence-corrected chi connectivity index (χ1v) is 6.68. The van der Waals surface area contributed by atoms with Gasteiger partial charge < -0.3 is 15.8 Å². The number of carbonyl (C=O) groups excluding carboxylic acids is 1. The molecule has 19 heavy (non-hydrogen) atoms. The summed E-state index contributed by atoms with van der Waals surface area (Å²) in [6.07, 6.45) is 0. The second-order valence-corrected chi connectivity index (χ2v) is 4.97. The van der Waals surface area contributed by atoms with E-state index in [-0.39, 0.29) is 12.5 Å². The highest BCUT2D eigenvalue weighted by Gasteiger charge is 2.12. The number of nitrogens with two attached hydrogens (primary N) is 1. The van der Waals surface area contributed by atoms with Gasteiger partial charge in [-0.3, -0.25) is 4.79 Å². The lowest BCUT2D eigenvalue weighted by Crippen LogP contribution is -2.23. The number of ether oxygens (including phenoxy) is 1. The number of carbonyl (C=O) groups is 1. The molecule has 0 bridgehead atoms. The number of hydrogen-bond acceptors (Lipinski definition) is 5. The van der Waals surface area contributed by atoms with Crippen LogP contribution in [0.5, 0.6) is 5.75 Å². The van der Waals surface area contributed by atoms with Gasteiger partial charge >= 0.3 is 0 Å². The van der Waals surface area contributed by atoms with E-state index in [1.807, 2.05) is 0 Å². The largest absolute Gasteiger partial charge is 0.496 e. The summed E-state index contributed by atoms with van der Waals surface area (Å²) in [5.41, 5.74) is 6.50. The van der Waals surface area contributed by atoms with E-state index in [1.165, 1.54) is 11.3 Å². The van der Waals surface area contributed by atoms with Crippen molar-refractivity contribution in [2.45, 2.75) is 6.54 Å². The smallest absolute Gasteiger partial charge is 0.271 e. The number of anilines is 1. The maximum Gasteiger partial charge on any atom is 0.271 e. The lowest BCUT2D eigenvalue weighted by Gasteiger charge is -2.10. The van der Waals surface area contributed by atoms with Crippen LogP contribution in [0.2, 0.25) is 5.02 Å². The van der Waals surface area contributed by atoms with Crippen LogP contribution in [0.1, 0.15) is 16.1 Å². The van der Waals surface area contributed by atoms with Crippen molar-refractivity contribution >= 4 is 34.0 Å². The zero-order valence-corrected chi connectivity index (χ0v) is 11.7. The maximum absolute atomic E-state index is 11.8. The number of benzene rings is 1. The Labute approximate surface area is 119 Å². The first-order chi connectivity index (χ1) is 9.11. The first-order valence-electron chi connectivity index (χ1n) is 5.42. The zero-order chi connectivity index (χ0) is 13.8. The summed E-state index contributed by atoms with van der Waals surface area (Å²) in [6.45, 7) is 0.263. The third-order valence-electron chi connectivity index (χ3n) is 2.48. The minimum atomic E-state index is -0.296. The Bertz CT molecular complexity index is 600. The summed E-state index contributed by atoms with van der Waals surface area (Å²) < 4.78 is 5.20. The number of halogens is 1. The number of nitrogens with zero attached hydrogens (tertiary/aromatic N) is 1. The van der Waals surface area contributed by atoms with Crippen molar-refractivity contribution in [3.05, 3.63) is 39.9 Å². The van der Waals surface area contributed by atoms with Crippen molar-refractivity contribution in [1.82, 2.24) is 10.3 Å². The quantitative estimate of drug-likeness (QED) is 0.908. The van der Waals surface area contributed by atoms with Crippen LogP contribution < -0.4 is 15.8 Å². The standard InChI is InChI=1S/C12H12ClN3O2S/c1-18-10-4-2-3-8(13)7(10)5-15-11(17)9-6-19-12(14)16-9/h2-4,6H,5H2,1H3,(H2,14,16)(H,15,17). The molecule has 2 aromatic rings. The average molecular weight is 298 g/mol. The fraction of sp³-hybridized carbons (Fsp3) is 0.167. The Morgan fingerprint density at radius 2 is 2.37 bits per heavy atom. The predicted octanol–water partition coefficient (Wildman–Crippen LogP) is 2.32. The van der Waals surface area contributed by atoms with Crippen LogP contribution in [0.4, 0.5) is 5.13 Å². The van der Waals surface area contributed by atoms with Crippen LogP contribution in [0.3, 0.4) is 0 Å². The lowest BCUT2D eigenvalue weighted by molar-refractivity contribution is 0.0946. The topological polar surface area (TPSA) is 77.2 Å². The van der Waals surface area contributed by atoms with Crippen molar-refractivity contribution in [2.24, 2.45) is 0 Å². The Morgan fingerprint density at radius 3 is 3.00 bits per heavy atom. The first kappa shape index (κ1) is 13.6. The number of methoxy groups -OCH3 is 1. The molecule has 1 heterocycles. The van der Waals surface area contributed by atoms with Gasteiger partial charge in [0, 0.05) is 22.5 Å². The fourth-order valence-corrected chi connectivity index (χ4v) is 2.33. The number of hydrogen-bond donors (Lipinski definition) is 2. The molecule has 0 unspecified atom stereocenters. The van der Waals surface area contributed by atoms with E-state index < -0.39 is 0 Å². The van der Waals surface area contributed by atoms with Gasteiger partial charge in [-0.15, -0.1) is 11.3 Å². The van der Waals surface area contributed by atoms with Crippen molar-refractivity contribution in [3.8, 4) is 5.75 Å². The molecule has 0 fully saturated rings. The molecule has 0 saturated heterocycles. The third-order valence-corrected chi connectivity index (χ3v) is 3.50. The highest BCUT2D eigenvalue weighted by molar-refractivity contribution is 7.13. The molecule has 0 atom stereocenters. The number of aromatic nitrogens is 1. The molecule has 0 saturated carbocycles. The molecule has 0 spiro atoms. The van der Waals surface area contributed by atoms with Gasteiger partial charge in [0.25, 0.3) is 5.91 Å². The highest BCUT2D eigenvalue weighted by Crippen LogP contribution is 2.26. The van der Waals surface area contributed by atoms with Gasteiger partial charge in [-0.2, -0.15) is 0 Å². The molecule has 1 aromatic carbocycles. The normalized spacial score (nSPS) is 10.2. The monoisotopic (exact) mass is 297 g/mol. The van der Waals surface area contributed by atoms with Crippen molar-refractivity contribution < 1.29 is 9.53 Å². The van der Waals surface area contributed by atoms with Gasteiger partial charge in [-0.1, -0.05) is 17.7 Å². The summed E-state index contributed by atoms with van der Waals surface area (Å²) in [7, 11) is 1.55. The van der Waals surface area contributed by atoms with Gasteiger partial charge in [-0.25, -0.2) is 4.98 Å². The molecule has 5 nitrogen and oxygen atoms in total. The van der Waals surface area contributed by atoms with Crippen LogP contribution in [0.15, 0.2) is 23.6 Å². The third kappa shape index (κ3) is 3.15. The summed E-state index contributed by atoms with van der Waals surface area (Å²) in [4.78, 5) is 15.7. The molecule has 100 valence electrons. The number of nitrogen functional groups attached to an aromatic ring is 1. The maximum atomic E-state index is 11.8. The second kappa shape index (κ2) is 5.90. The van der Waals surface area contributed by atoms with E-state index in [2.05, 4.69) is 10.3 Å². The van der Waals surface area contributed by atoms with Crippen molar-refractivity contribution in [3.63, 3.8) is 0 Å². The number of amides is 1. The number of rotatable bonds is 4. The molecule has 0 aliphatic heterocycles. The zero-order valence-electron chi connectivity index (χ0n) is 10.1. The fourth-order valence-electron chi connectivity index (χ4n) is 1.55. The number of thiazole rings is 1. The molecular formula is C12H12ClN3O2S. The minimum Gasteiger partial charge on any atom is -0.496 e. The molecule has 2 rings (SSSR count). The number of nitrogens with one attached hydrogen (secondary N) is 1. The summed E-state index contributed by atoms with van der Waals surface area (Å²) in [5, 5.41) is 5.24. The van der Waals surface area contributed by atoms with Gasteiger partial charge in [-0.05, 0) is 12.1 Å². The molecule has 3 N–H and O–H groups in total. The van der Waals surface area contributed by atoms with Crippen LogP contribution in [-0.4, -0.2) is 18.0 Å². The summed E-state index contributed by atoms with van der Waals surface area (Å²) >= 11 is 7.30. The van der Waals surface area contributed by atoms with E-state index in [1.54, 1.807) is 30.7 Å². The average Bonchev–Trinajstić information content (AvgIpc) is 2.83. The van der Waals surface area contributed by atoms with Crippen LogP contribution in [0.25, 0.3) is 0 Å². The lowest BCUT2D eigenvalue weighted by atomic mass is 10.2. The summed E-state index contributed by atoms with van der Waals surface area (Å²) in [6, 6.07) is 5.31. The van der Waals surface area contributed by atoms with Crippen LogP contribution >= 0.6 is 22.9 Å². The van der Waals surface area contributed by atoms with E-state index in [0.29, 0.717) is 21.6 Å². The molecular weight excluding hydrogens is 286 g/mol. The van der Waals surface area contributed by atoms with Crippen LogP contribution in [0, 0.1) is 0 Å². The Hall–Kier alpha value is -1.79. The van der Waals surface area contributed by atoms with Crippen molar-refractivity contribution in [2.75, 3.05) is 12.8 Å². The minimum absolute atomic E-state index is 0.263. The highest BCUT2D eigenvalue weighted by atomic mass is 35.5. The molecule has 7 heteroatoms. The predicted molar refractivity (Wildman–Crippen MR) is 75.7 cm³/mol. The van der Waals surface area contributed by atoms with Crippen LogP contribution in [-0.2, 0) is 6.54 Å². The molecule has 1 amide bonds. The Morgan fingerprint density at radius 1 is 1.58 bits per heavy atom. The van der Waals surface area contributed by atoms with Gasteiger partial charge in [0.15, 0.2) is 5.13 Å². The Balaban J connectivity index is 2.09. The Kier molecular flexibility index (Phi) is 4.24. The summed E-state index contributed by atoms with van der Waals surface area (Å²) in [5.74, 6) is 0.334. The van der Waals surface area contributed by atoms with E-state index in [0.717, 1.165) is 5.56 Å². The molecule has 0 aliphatic rings. The van der Waals surface area contributed by atoms with Crippen molar-refractivity contribution in [1.29, 1.82) is 0 Å². The van der Waals surface area contributed by atoms with E-state index in [9.17, 15) is 4.79 Å². The van der Waals surface area contributed by atoms with Gasteiger partial charge in [0.1, 0.15) is 11.4 Å².